The normalized spacial score (nSPS) is 13.8. The van der Waals surface area contributed by atoms with Gasteiger partial charge in [-0.05, 0) is 43.7 Å². The van der Waals surface area contributed by atoms with Gasteiger partial charge in [-0.25, -0.2) is 9.78 Å². The molecule has 3 aromatic carbocycles. The zero-order valence-electron chi connectivity index (χ0n) is 20.1. The van der Waals surface area contributed by atoms with Gasteiger partial charge in [0.05, 0.1) is 17.6 Å². The van der Waals surface area contributed by atoms with Crippen molar-refractivity contribution in [3.05, 3.63) is 99.8 Å². The lowest BCUT2D eigenvalue weighted by Gasteiger charge is -2.35. The lowest BCUT2D eigenvalue weighted by molar-refractivity contribution is 0.208. The first kappa shape index (κ1) is 22.7. The van der Waals surface area contributed by atoms with Crippen LogP contribution in [0.1, 0.15) is 16.7 Å². The van der Waals surface area contributed by atoms with Crippen molar-refractivity contribution in [2.45, 2.75) is 20.4 Å². The van der Waals surface area contributed by atoms with E-state index in [0.29, 0.717) is 38.5 Å². The number of piperazine rings is 1. The lowest BCUT2D eigenvalue weighted by Crippen LogP contribution is -2.51. The van der Waals surface area contributed by atoms with Gasteiger partial charge in [-0.15, -0.1) is 0 Å². The Hall–Kier alpha value is -4.13. The number of hydrogen-bond acceptors (Lipinski definition) is 4. The number of para-hydroxylation sites is 2. The van der Waals surface area contributed by atoms with Gasteiger partial charge in [0, 0.05) is 31.9 Å². The van der Waals surface area contributed by atoms with Gasteiger partial charge in [0.1, 0.15) is 0 Å². The molecule has 1 N–H and O–H groups in total. The number of nitrogens with zero attached hydrogens (tertiary/aromatic N) is 4. The summed E-state index contributed by atoms with van der Waals surface area (Å²) in [7, 11) is 0. The van der Waals surface area contributed by atoms with E-state index < -0.39 is 0 Å². The molecule has 7 nitrogen and oxygen atoms in total. The van der Waals surface area contributed by atoms with E-state index in [-0.39, 0.29) is 11.6 Å². The number of fused-ring (bicyclic) bond motifs is 1. The molecule has 5 rings (SSSR count). The maximum atomic E-state index is 13.6. The number of aryl methyl sites for hydroxylation is 2. The Morgan fingerprint density at radius 2 is 1.49 bits per heavy atom. The third kappa shape index (κ3) is 4.89. The van der Waals surface area contributed by atoms with Gasteiger partial charge in [-0.3, -0.25) is 9.36 Å². The number of rotatable bonds is 4. The highest BCUT2D eigenvalue weighted by atomic mass is 16.2. The number of carbonyl (C=O) groups is 1. The molecule has 2 amide bonds. The van der Waals surface area contributed by atoms with Crippen LogP contribution in [0.25, 0.3) is 11.0 Å². The highest BCUT2D eigenvalue weighted by Crippen LogP contribution is 2.18. The van der Waals surface area contributed by atoms with E-state index >= 15 is 0 Å². The van der Waals surface area contributed by atoms with Crippen molar-refractivity contribution in [3.8, 4) is 0 Å². The maximum absolute atomic E-state index is 13.6. The van der Waals surface area contributed by atoms with Crippen LogP contribution < -0.4 is 15.8 Å². The molecule has 1 aromatic heterocycles. The van der Waals surface area contributed by atoms with Crippen LogP contribution in [-0.2, 0) is 6.54 Å². The lowest BCUT2D eigenvalue weighted by atomic mass is 10.1. The van der Waals surface area contributed by atoms with Crippen LogP contribution in [0.5, 0.6) is 0 Å². The van der Waals surface area contributed by atoms with E-state index in [0.717, 1.165) is 27.8 Å². The zero-order chi connectivity index (χ0) is 24.4. The van der Waals surface area contributed by atoms with Gasteiger partial charge < -0.3 is 15.1 Å². The Labute approximate surface area is 204 Å². The smallest absolute Gasteiger partial charge is 0.321 e. The third-order valence-electron chi connectivity index (χ3n) is 6.47. The fourth-order valence-corrected chi connectivity index (χ4v) is 4.38. The Balaban J connectivity index is 1.36. The quantitative estimate of drug-likeness (QED) is 0.483. The summed E-state index contributed by atoms with van der Waals surface area (Å²) in [5, 5.41) is 2.96. The van der Waals surface area contributed by atoms with Gasteiger partial charge in [0.15, 0.2) is 5.82 Å². The fourth-order valence-electron chi connectivity index (χ4n) is 4.38. The van der Waals surface area contributed by atoms with E-state index in [4.69, 9.17) is 4.98 Å². The standard InChI is InChI=1S/C28H29N5O2/c1-20-7-11-22(12-8-20)19-33-25-6-4-3-5-24(25)30-26(27(33)34)31-15-17-32(18-16-31)28(35)29-23-13-9-21(2)10-14-23/h3-14H,15-19H2,1-2H3,(H,29,35). The molecule has 1 fully saturated rings. The fraction of sp³-hybridized carbons (Fsp3) is 0.250. The summed E-state index contributed by atoms with van der Waals surface area (Å²) in [6, 6.07) is 23.6. The maximum Gasteiger partial charge on any atom is 0.321 e. The molecule has 0 bridgehead atoms. The molecule has 178 valence electrons. The van der Waals surface area contributed by atoms with Crippen molar-refractivity contribution in [1.29, 1.82) is 0 Å². The van der Waals surface area contributed by atoms with E-state index in [2.05, 4.69) is 36.5 Å². The van der Waals surface area contributed by atoms with Crippen molar-refractivity contribution in [1.82, 2.24) is 14.5 Å². The molecule has 7 heteroatoms. The van der Waals surface area contributed by atoms with Crippen LogP contribution in [-0.4, -0.2) is 46.7 Å². The average Bonchev–Trinajstić information content (AvgIpc) is 2.88. The van der Waals surface area contributed by atoms with Gasteiger partial charge in [-0.2, -0.15) is 0 Å². The topological polar surface area (TPSA) is 70.5 Å². The van der Waals surface area contributed by atoms with Crippen molar-refractivity contribution < 1.29 is 4.79 Å². The van der Waals surface area contributed by atoms with Crippen LogP contribution in [0.3, 0.4) is 0 Å². The van der Waals surface area contributed by atoms with Crippen LogP contribution in [0.15, 0.2) is 77.6 Å². The van der Waals surface area contributed by atoms with E-state index in [1.54, 1.807) is 9.47 Å². The van der Waals surface area contributed by atoms with Crippen molar-refractivity contribution in [2.75, 3.05) is 36.4 Å². The van der Waals surface area contributed by atoms with Crippen LogP contribution >= 0.6 is 0 Å². The minimum atomic E-state index is -0.128. The summed E-state index contributed by atoms with van der Waals surface area (Å²) < 4.78 is 1.80. The molecule has 1 aliphatic rings. The van der Waals surface area contributed by atoms with Gasteiger partial charge in [-0.1, -0.05) is 59.7 Å². The van der Waals surface area contributed by atoms with E-state index in [9.17, 15) is 9.59 Å². The second-order valence-electron chi connectivity index (χ2n) is 9.07. The zero-order valence-corrected chi connectivity index (χ0v) is 20.1. The van der Waals surface area contributed by atoms with Crippen LogP contribution in [0.4, 0.5) is 16.3 Å². The van der Waals surface area contributed by atoms with Crippen LogP contribution in [0, 0.1) is 13.8 Å². The van der Waals surface area contributed by atoms with Gasteiger partial charge >= 0.3 is 6.03 Å². The number of nitrogens with one attached hydrogen (secondary N) is 1. The predicted molar refractivity (Wildman–Crippen MR) is 140 cm³/mol. The summed E-state index contributed by atoms with van der Waals surface area (Å²) in [5.41, 5.74) is 5.67. The molecule has 0 atom stereocenters. The molecule has 35 heavy (non-hydrogen) atoms. The molecular weight excluding hydrogens is 438 g/mol. The largest absolute Gasteiger partial charge is 0.348 e. The molecule has 0 unspecified atom stereocenters. The summed E-state index contributed by atoms with van der Waals surface area (Å²) in [4.78, 5) is 34.8. The number of hydrogen-bond donors (Lipinski definition) is 1. The Morgan fingerprint density at radius 1 is 0.857 bits per heavy atom. The Bertz CT molecular complexity index is 1400. The number of aromatic nitrogens is 2. The summed E-state index contributed by atoms with van der Waals surface area (Å²) in [6.07, 6.45) is 0. The van der Waals surface area contributed by atoms with Gasteiger partial charge in [0.2, 0.25) is 0 Å². The first-order valence-electron chi connectivity index (χ1n) is 11.9. The predicted octanol–water partition coefficient (Wildman–Crippen LogP) is 4.42. The van der Waals surface area contributed by atoms with Crippen LogP contribution in [0.2, 0.25) is 0 Å². The van der Waals surface area contributed by atoms with Crippen molar-refractivity contribution in [2.24, 2.45) is 0 Å². The highest BCUT2D eigenvalue weighted by molar-refractivity contribution is 5.89. The van der Waals surface area contributed by atoms with Crippen molar-refractivity contribution >= 4 is 28.6 Å². The molecule has 0 radical (unpaired) electrons. The minimum absolute atomic E-state index is 0.109. The average molecular weight is 468 g/mol. The number of anilines is 2. The summed E-state index contributed by atoms with van der Waals surface area (Å²) in [6.45, 7) is 6.68. The number of carbonyl (C=O) groups excluding carboxylic acids is 1. The monoisotopic (exact) mass is 467 g/mol. The first-order valence-corrected chi connectivity index (χ1v) is 11.9. The molecule has 1 saturated heterocycles. The van der Waals surface area contributed by atoms with E-state index in [1.165, 1.54) is 5.56 Å². The summed E-state index contributed by atoms with van der Waals surface area (Å²) in [5.74, 6) is 0.439. The number of amides is 2. The molecule has 4 aromatic rings. The highest BCUT2D eigenvalue weighted by Gasteiger charge is 2.25. The van der Waals surface area contributed by atoms with Gasteiger partial charge in [0.25, 0.3) is 5.56 Å². The second kappa shape index (κ2) is 9.62. The SMILES string of the molecule is Cc1ccc(Cn2c(=O)c(N3CCN(C(=O)Nc4ccc(C)cc4)CC3)nc3ccccc32)cc1. The third-order valence-corrected chi connectivity index (χ3v) is 6.47. The molecule has 0 aliphatic carbocycles. The molecule has 0 saturated carbocycles. The Kier molecular flexibility index (Phi) is 6.23. The Morgan fingerprint density at radius 3 is 2.17 bits per heavy atom. The molecule has 2 heterocycles. The van der Waals surface area contributed by atoms with Crippen molar-refractivity contribution in [3.63, 3.8) is 0 Å². The first-order chi connectivity index (χ1) is 17.0. The molecule has 0 spiro atoms. The second-order valence-corrected chi connectivity index (χ2v) is 9.07. The van der Waals surface area contributed by atoms with E-state index in [1.807, 2.05) is 60.4 Å². The molecular formula is C28H29N5O2. The summed E-state index contributed by atoms with van der Waals surface area (Å²) >= 11 is 0. The number of urea groups is 1. The number of benzene rings is 3. The molecule has 1 aliphatic heterocycles. The minimum Gasteiger partial charge on any atom is -0.348 e.